The number of hydrogen-bond acceptors (Lipinski definition) is 6. The second-order valence-electron chi connectivity index (χ2n) is 5.08. The number of amides is 1. The molecule has 0 bridgehead atoms. The number of carbonyl (C=O) groups is 1. The summed E-state index contributed by atoms with van der Waals surface area (Å²) >= 11 is 1.41. The van der Waals surface area contributed by atoms with Gasteiger partial charge in [-0.15, -0.1) is 0 Å². The van der Waals surface area contributed by atoms with Crippen LogP contribution in [0.15, 0.2) is 0 Å². The van der Waals surface area contributed by atoms with Crippen molar-refractivity contribution in [2.75, 3.05) is 38.7 Å². The van der Waals surface area contributed by atoms with Crippen molar-refractivity contribution < 1.29 is 14.3 Å². The molecule has 2 aliphatic heterocycles. The first-order valence-corrected chi connectivity index (χ1v) is 7.67. The quantitative estimate of drug-likeness (QED) is 0.895. The molecule has 20 heavy (non-hydrogen) atoms. The van der Waals surface area contributed by atoms with E-state index in [9.17, 15) is 4.79 Å². The smallest absolute Gasteiger partial charge is 0.265 e. The monoisotopic (exact) mass is 297 g/mol. The minimum absolute atomic E-state index is 0.0642. The summed E-state index contributed by atoms with van der Waals surface area (Å²) in [5, 5.41) is 3.76. The maximum atomic E-state index is 12.5. The summed E-state index contributed by atoms with van der Waals surface area (Å²) in [7, 11) is 1.81. The summed E-state index contributed by atoms with van der Waals surface area (Å²) in [6.07, 6.45) is 1.49. The fourth-order valence-corrected chi connectivity index (χ4v) is 3.57. The Morgan fingerprint density at radius 1 is 1.35 bits per heavy atom. The van der Waals surface area contributed by atoms with Crippen LogP contribution < -0.4 is 5.32 Å². The molecule has 2 aliphatic rings. The molecule has 0 aliphatic carbocycles. The Kier molecular flexibility index (Phi) is 3.66. The molecule has 1 spiro atoms. The number of nitrogens with one attached hydrogen (secondary N) is 1. The topological polar surface area (TPSA) is 63.7 Å². The van der Waals surface area contributed by atoms with Crippen molar-refractivity contribution >= 4 is 22.4 Å². The summed E-state index contributed by atoms with van der Waals surface area (Å²) in [5.41, 5.74) is 0.790. The molecule has 0 atom stereocenters. The van der Waals surface area contributed by atoms with Crippen LogP contribution in [0.4, 0.5) is 5.13 Å². The van der Waals surface area contributed by atoms with Crippen LogP contribution in [0, 0.1) is 6.92 Å². The maximum absolute atomic E-state index is 12.5. The lowest BCUT2D eigenvalue weighted by atomic mass is 10.0. The van der Waals surface area contributed by atoms with E-state index in [1.54, 1.807) is 0 Å². The molecular formula is C13H19N3O3S. The van der Waals surface area contributed by atoms with Crippen molar-refractivity contribution in [1.29, 1.82) is 0 Å². The summed E-state index contributed by atoms with van der Waals surface area (Å²) in [5.74, 6) is -0.371. The van der Waals surface area contributed by atoms with Gasteiger partial charge in [-0.05, 0) is 6.92 Å². The highest BCUT2D eigenvalue weighted by Crippen LogP contribution is 2.32. The van der Waals surface area contributed by atoms with E-state index >= 15 is 0 Å². The average molecular weight is 297 g/mol. The van der Waals surface area contributed by atoms with Gasteiger partial charge in [0.15, 0.2) is 10.9 Å². The minimum atomic E-state index is -0.435. The average Bonchev–Trinajstić information content (AvgIpc) is 3.06. The number of hydrogen-bond donors (Lipinski definition) is 1. The lowest BCUT2D eigenvalue weighted by Crippen LogP contribution is -2.47. The molecule has 3 heterocycles. The molecule has 7 heteroatoms. The first-order valence-electron chi connectivity index (χ1n) is 6.86. The molecule has 2 saturated heterocycles. The van der Waals surface area contributed by atoms with Crippen LogP contribution in [0.2, 0.25) is 0 Å². The Morgan fingerprint density at radius 3 is 2.55 bits per heavy atom. The van der Waals surface area contributed by atoms with Gasteiger partial charge in [-0.25, -0.2) is 4.98 Å². The largest absolute Gasteiger partial charge is 0.365 e. The molecule has 110 valence electrons. The van der Waals surface area contributed by atoms with Gasteiger partial charge >= 0.3 is 0 Å². The number of aryl methyl sites for hydroxylation is 1. The van der Waals surface area contributed by atoms with Gasteiger partial charge in [-0.1, -0.05) is 11.3 Å². The summed E-state index contributed by atoms with van der Waals surface area (Å²) in [6, 6.07) is 0. The molecule has 0 saturated carbocycles. The van der Waals surface area contributed by atoms with Crippen molar-refractivity contribution in [3.05, 3.63) is 10.6 Å². The Morgan fingerprint density at radius 2 is 2.00 bits per heavy atom. The summed E-state index contributed by atoms with van der Waals surface area (Å²) < 4.78 is 11.4. The third kappa shape index (κ3) is 2.41. The third-order valence-corrected chi connectivity index (χ3v) is 4.99. The number of thiazole rings is 1. The SMILES string of the molecule is CNc1nc(C)c(C(=O)N2CCC3(CC2)OCCO3)s1. The predicted octanol–water partition coefficient (Wildman–Crippen LogP) is 1.47. The van der Waals surface area contributed by atoms with Crippen LogP contribution in [-0.2, 0) is 9.47 Å². The van der Waals surface area contributed by atoms with Crippen molar-refractivity contribution in [2.45, 2.75) is 25.6 Å². The van der Waals surface area contributed by atoms with Crippen molar-refractivity contribution in [1.82, 2.24) is 9.88 Å². The van der Waals surface area contributed by atoms with Gasteiger partial charge < -0.3 is 19.7 Å². The molecule has 1 aromatic heterocycles. The van der Waals surface area contributed by atoms with E-state index in [-0.39, 0.29) is 5.91 Å². The number of piperidine rings is 1. The second-order valence-corrected chi connectivity index (χ2v) is 6.08. The number of anilines is 1. The molecule has 1 amide bonds. The normalized spacial score (nSPS) is 21.4. The zero-order valence-electron chi connectivity index (χ0n) is 11.8. The molecule has 1 N–H and O–H groups in total. The van der Waals surface area contributed by atoms with Crippen LogP contribution >= 0.6 is 11.3 Å². The Labute approximate surface area is 122 Å². The van der Waals surface area contributed by atoms with E-state index in [1.807, 2.05) is 18.9 Å². The molecule has 6 nitrogen and oxygen atoms in total. The molecule has 2 fully saturated rings. The standard InChI is InChI=1S/C13H19N3O3S/c1-9-10(20-12(14-2)15-9)11(17)16-5-3-13(4-6-16)18-7-8-19-13/h3-8H2,1-2H3,(H,14,15). The van der Waals surface area contributed by atoms with Gasteiger partial charge in [-0.2, -0.15) is 0 Å². The van der Waals surface area contributed by atoms with Crippen molar-refractivity contribution in [3.63, 3.8) is 0 Å². The Bertz CT molecular complexity index is 501. The van der Waals surface area contributed by atoms with E-state index in [2.05, 4.69) is 10.3 Å². The molecule has 0 radical (unpaired) electrons. The van der Waals surface area contributed by atoms with Crippen LogP contribution in [0.1, 0.15) is 28.2 Å². The number of carbonyl (C=O) groups excluding carboxylic acids is 1. The second kappa shape index (κ2) is 5.31. The minimum Gasteiger partial charge on any atom is -0.365 e. The Hall–Kier alpha value is -1.18. The van der Waals surface area contributed by atoms with E-state index in [4.69, 9.17) is 9.47 Å². The van der Waals surface area contributed by atoms with E-state index < -0.39 is 5.79 Å². The zero-order valence-corrected chi connectivity index (χ0v) is 12.6. The molecule has 0 aromatic carbocycles. The molecule has 3 rings (SSSR count). The van der Waals surface area contributed by atoms with Crippen molar-refractivity contribution in [2.24, 2.45) is 0 Å². The number of ether oxygens (including phenoxy) is 2. The van der Waals surface area contributed by atoms with E-state index in [0.29, 0.717) is 26.3 Å². The van der Waals surface area contributed by atoms with Crippen LogP contribution in [0.25, 0.3) is 0 Å². The van der Waals surface area contributed by atoms with Crippen LogP contribution in [0.5, 0.6) is 0 Å². The first-order chi connectivity index (χ1) is 9.63. The highest BCUT2D eigenvalue weighted by atomic mass is 32.1. The van der Waals surface area contributed by atoms with Crippen molar-refractivity contribution in [3.8, 4) is 0 Å². The zero-order chi connectivity index (χ0) is 14.2. The van der Waals surface area contributed by atoms with Gasteiger partial charge in [0.1, 0.15) is 4.88 Å². The highest BCUT2D eigenvalue weighted by Gasteiger charge is 2.41. The number of likely N-dealkylation sites (tertiary alicyclic amines) is 1. The molecule has 0 unspecified atom stereocenters. The van der Waals surface area contributed by atoms with E-state index in [0.717, 1.165) is 28.5 Å². The molecule has 1 aromatic rings. The Balaban J connectivity index is 1.68. The fourth-order valence-electron chi connectivity index (χ4n) is 2.68. The molecular weight excluding hydrogens is 278 g/mol. The number of aromatic nitrogens is 1. The third-order valence-electron chi connectivity index (χ3n) is 3.83. The number of rotatable bonds is 2. The first kappa shape index (κ1) is 13.8. The lowest BCUT2D eigenvalue weighted by molar-refractivity contribution is -0.181. The van der Waals surface area contributed by atoms with Gasteiger partial charge in [0.25, 0.3) is 5.91 Å². The lowest BCUT2D eigenvalue weighted by Gasteiger charge is -2.37. The predicted molar refractivity (Wildman–Crippen MR) is 76.2 cm³/mol. The summed E-state index contributed by atoms with van der Waals surface area (Å²) in [4.78, 5) is 19.5. The fraction of sp³-hybridized carbons (Fsp3) is 0.692. The van der Waals surface area contributed by atoms with Crippen LogP contribution in [0.3, 0.4) is 0 Å². The van der Waals surface area contributed by atoms with Crippen LogP contribution in [-0.4, -0.2) is 54.9 Å². The number of nitrogens with zero attached hydrogens (tertiary/aromatic N) is 2. The van der Waals surface area contributed by atoms with Gasteiger partial charge in [0.2, 0.25) is 0 Å². The van der Waals surface area contributed by atoms with Gasteiger partial charge in [-0.3, -0.25) is 4.79 Å². The highest BCUT2D eigenvalue weighted by molar-refractivity contribution is 7.17. The van der Waals surface area contributed by atoms with E-state index in [1.165, 1.54) is 11.3 Å². The maximum Gasteiger partial charge on any atom is 0.265 e. The van der Waals surface area contributed by atoms with Gasteiger partial charge in [0.05, 0.1) is 18.9 Å². The summed E-state index contributed by atoms with van der Waals surface area (Å²) in [6.45, 7) is 4.54. The van der Waals surface area contributed by atoms with Gasteiger partial charge in [0, 0.05) is 33.0 Å².